The maximum absolute atomic E-state index is 12.3. The lowest BCUT2D eigenvalue weighted by Gasteiger charge is -2.05. The van der Waals surface area contributed by atoms with E-state index in [4.69, 9.17) is 0 Å². The Hall–Kier alpha value is -1.75. The van der Waals surface area contributed by atoms with Gasteiger partial charge in [-0.25, -0.2) is 8.42 Å². The van der Waals surface area contributed by atoms with Gasteiger partial charge in [-0.15, -0.1) is 0 Å². The van der Waals surface area contributed by atoms with E-state index in [1.807, 2.05) is 30.3 Å². The maximum atomic E-state index is 12.3. The molecule has 0 unspecified atom stereocenters. The molecule has 2 nitrogen and oxygen atoms in total. The summed E-state index contributed by atoms with van der Waals surface area (Å²) < 4.78 is 47.1. The van der Waals surface area contributed by atoms with E-state index >= 15 is 0 Å². The molecule has 0 spiro atoms. The lowest BCUT2D eigenvalue weighted by Crippen LogP contribution is -2.11. The van der Waals surface area contributed by atoms with Crippen LogP contribution in [0.2, 0.25) is 0 Å². The Morgan fingerprint density at radius 3 is 1.78 bits per heavy atom. The summed E-state index contributed by atoms with van der Waals surface area (Å²) in [5.74, 6) is -3.39. The number of rotatable bonds is 3. The van der Waals surface area contributed by atoms with Crippen LogP contribution < -0.4 is 0 Å². The Kier molecular flexibility index (Phi) is 3.43. The number of sulfone groups is 1. The predicted octanol–water partition coefficient (Wildman–Crippen LogP) is 3.35. The molecule has 0 aromatic heterocycles. The molecule has 0 aliphatic carbocycles. The van der Waals surface area contributed by atoms with Crippen molar-refractivity contribution in [1.29, 1.82) is 0 Å². The highest BCUT2D eigenvalue weighted by Gasteiger charge is 2.26. The van der Waals surface area contributed by atoms with Gasteiger partial charge in [0.05, 0.1) is 4.90 Å². The zero-order valence-corrected chi connectivity index (χ0v) is 10.1. The summed E-state index contributed by atoms with van der Waals surface area (Å²) in [4.78, 5) is -0.364. The van der Waals surface area contributed by atoms with E-state index in [9.17, 15) is 17.2 Å². The first kappa shape index (κ1) is 12.7. The van der Waals surface area contributed by atoms with Crippen molar-refractivity contribution in [3.05, 3.63) is 54.6 Å². The molecule has 0 N–H and O–H groups in total. The number of benzene rings is 2. The maximum Gasteiger partial charge on any atom is 0.341 e. The Bertz CT molecular complexity index is 620. The highest BCUT2D eigenvalue weighted by Crippen LogP contribution is 2.23. The largest absolute Gasteiger partial charge is 0.341 e. The minimum atomic E-state index is -4.51. The number of alkyl halides is 2. The Morgan fingerprint density at radius 2 is 1.28 bits per heavy atom. The van der Waals surface area contributed by atoms with Gasteiger partial charge in [-0.05, 0) is 23.3 Å². The van der Waals surface area contributed by atoms with Gasteiger partial charge in [0.15, 0.2) is 0 Å². The first-order chi connectivity index (χ1) is 8.51. The standard InChI is InChI=1S/C13H10F2O2S/c14-13(15)18(16,17)12-8-6-11(7-9-12)10-4-2-1-3-5-10/h1-9,13H. The van der Waals surface area contributed by atoms with Gasteiger partial charge >= 0.3 is 5.76 Å². The molecule has 0 radical (unpaired) electrons. The molecule has 2 rings (SSSR count). The summed E-state index contributed by atoms with van der Waals surface area (Å²) in [6.07, 6.45) is 0. The molecular formula is C13H10F2O2S. The smallest absolute Gasteiger partial charge is 0.218 e. The predicted molar refractivity (Wildman–Crippen MR) is 65.1 cm³/mol. The average Bonchev–Trinajstić information content (AvgIpc) is 2.40. The second kappa shape index (κ2) is 4.86. The Balaban J connectivity index is 2.38. The second-order valence-corrected chi connectivity index (χ2v) is 5.61. The van der Waals surface area contributed by atoms with Gasteiger partial charge < -0.3 is 0 Å². The van der Waals surface area contributed by atoms with Gasteiger partial charge in [0.1, 0.15) is 0 Å². The van der Waals surface area contributed by atoms with E-state index < -0.39 is 15.6 Å². The fraction of sp³-hybridized carbons (Fsp3) is 0.0769. The van der Waals surface area contributed by atoms with E-state index in [-0.39, 0.29) is 4.90 Å². The van der Waals surface area contributed by atoms with Crippen molar-refractivity contribution >= 4 is 9.84 Å². The van der Waals surface area contributed by atoms with Crippen LogP contribution in [0.25, 0.3) is 11.1 Å². The third-order valence-electron chi connectivity index (χ3n) is 2.52. The molecule has 18 heavy (non-hydrogen) atoms. The van der Waals surface area contributed by atoms with Crippen LogP contribution in [0, 0.1) is 0 Å². The summed E-state index contributed by atoms with van der Waals surface area (Å²) in [6.45, 7) is 0. The van der Waals surface area contributed by atoms with Crippen LogP contribution in [0.15, 0.2) is 59.5 Å². The van der Waals surface area contributed by atoms with Crippen molar-refractivity contribution < 1.29 is 17.2 Å². The molecule has 94 valence electrons. The summed E-state index contributed by atoms with van der Waals surface area (Å²) in [6, 6.07) is 14.7. The van der Waals surface area contributed by atoms with Gasteiger partial charge in [0.25, 0.3) is 0 Å². The highest BCUT2D eigenvalue weighted by molar-refractivity contribution is 7.91. The Labute approximate surface area is 104 Å². The topological polar surface area (TPSA) is 34.1 Å². The summed E-state index contributed by atoms with van der Waals surface area (Å²) >= 11 is 0. The number of halogens is 2. The molecule has 0 amide bonds. The molecule has 0 heterocycles. The molecular weight excluding hydrogens is 258 g/mol. The highest BCUT2D eigenvalue weighted by atomic mass is 32.2. The zero-order chi connectivity index (χ0) is 13.2. The number of hydrogen-bond acceptors (Lipinski definition) is 2. The van der Waals surface area contributed by atoms with E-state index in [0.717, 1.165) is 11.1 Å². The van der Waals surface area contributed by atoms with Gasteiger partial charge in [-0.3, -0.25) is 0 Å². The molecule has 5 heteroatoms. The zero-order valence-electron chi connectivity index (χ0n) is 9.25. The minimum absolute atomic E-state index is 0.364. The van der Waals surface area contributed by atoms with E-state index in [1.165, 1.54) is 24.3 Å². The van der Waals surface area contributed by atoms with Crippen LogP contribution in [0.1, 0.15) is 0 Å². The van der Waals surface area contributed by atoms with Crippen LogP contribution >= 0.6 is 0 Å². The van der Waals surface area contributed by atoms with Crippen LogP contribution in [-0.4, -0.2) is 14.2 Å². The lowest BCUT2D eigenvalue weighted by molar-refractivity contribution is 0.234. The lowest BCUT2D eigenvalue weighted by atomic mass is 10.1. The molecule has 0 aliphatic heterocycles. The average molecular weight is 268 g/mol. The molecule has 2 aromatic rings. The molecule has 0 saturated carbocycles. The molecule has 0 atom stereocenters. The van der Waals surface area contributed by atoms with Crippen molar-refractivity contribution in [2.45, 2.75) is 10.7 Å². The van der Waals surface area contributed by atoms with E-state index in [0.29, 0.717) is 0 Å². The van der Waals surface area contributed by atoms with Gasteiger partial charge in [-0.1, -0.05) is 42.5 Å². The first-order valence-corrected chi connectivity index (χ1v) is 6.74. The summed E-state index contributed by atoms with van der Waals surface area (Å²) in [5.41, 5.74) is 1.68. The second-order valence-electron chi connectivity index (χ2n) is 3.70. The molecule has 2 aromatic carbocycles. The van der Waals surface area contributed by atoms with E-state index in [1.54, 1.807) is 0 Å². The Morgan fingerprint density at radius 1 is 0.778 bits per heavy atom. The van der Waals surface area contributed by atoms with Crippen molar-refractivity contribution in [3.8, 4) is 11.1 Å². The quantitative estimate of drug-likeness (QED) is 0.855. The third kappa shape index (κ3) is 2.41. The number of hydrogen-bond donors (Lipinski definition) is 0. The summed E-state index contributed by atoms with van der Waals surface area (Å²) in [7, 11) is -4.51. The molecule has 0 fully saturated rings. The molecule has 0 bridgehead atoms. The van der Waals surface area contributed by atoms with E-state index in [2.05, 4.69) is 0 Å². The van der Waals surface area contributed by atoms with Crippen molar-refractivity contribution in [2.75, 3.05) is 0 Å². The van der Waals surface area contributed by atoms with Gasteiger partial charge in [-0.2, -0.15) is 8.78 Å². The fourth-order valence-electron chi connectivity index (χ4n) is 1.57. The van der Waals surface area contributed by atoms with Crippen molar-refractivity contribution in [1.82, 2.24) is 0 Å². The minimum Gasteiger partial charge on any atom is -0.218 e. The first-order valence-electron chi connectivity index (χ1n) is 5.19. The van der Waals surface area contributed by atoms with Crippen LogP contribution in [0.5, 0.6) is 0 Å². The van der Waals surface area contributed by atoms with Crippen LogP contribution in [0.4, 0.5) is 8.78 Å². The fourth-order valence-corrected chi connectivity index (χ4v) is 2.29. The molecule has 0 aliphatic rings. The summed E-state index contributed by atoms with van der Waals surface area (Å²) in [5, 5.41) is 0. The van der Waals surface area contributed by atoms with Crippen LogP contribution in [0.3, 0.4) is 0 Å². The molecule has 0 saturated heterocycles. The monoisotopic (exact) mass is 268 g/mol. The van der Waals surface area contributed by atoms with Crippen LogP contribution in [-0.2, 0) is 9.84 Å². The SMILES string of the molecule is O=S(=O)(c1ccc(-c2ccccc2)cc1)C(F)F. The third-order valence-corrected chi connectivity index (χ3v) is 3.92. The van der Waals surface area contributed by atoms with Gasteiger partial charge in [0, 0.05) is 0 Å². The van der Waals surface area contributed by atoms with Gasteiger partial charge in [0.2, 0.25) is 9.84 Å². The normalized spacial score (nSPS) is 11.7. The van der Waals surface area contributed by atoms with Crippen molar-refractivity contribution in [2.24, 2.45) is 0 Å². The van der Waals surface area contributed by atoms with Crippen molar-refractivity contribution in [3.63, 3.8) is 0 Å².